The fourth-order valence-electron chi connectivity index (χ4n) is 1.86. The van der Waals surface area contributed by atoms with Gasteiger partial charge in [0.25, 0.3) is 5.17 Å². The molecular formula is C11H20ClNO4S2. The summed E-state index contributed by atoms with van der Waals surface area (Å²) in [6.45, 7) is 0.706. The highest BCUT2D eigenvalue weighted by molar-refractivity contribution is 7.91. The topological polar surface area (TPSA) is 75.6 Å². The molecule has 1 heterocycles. The van der Waals surface area contributed by atoms with Gasteiger partial charge in [-0.05, 0) is 31.5 Å². The molecule has 0 aromatic heterocycles. The average molecular weight is 330 g/mol. The van der Waals surface area contributed by atoms with Crippen LogP contribution in [0.25, 0.3) is 0 Å². The fourth-order valence-corrected chi connectivity index (χ4v) is 4.65. The molecule has 19 heavy (non-hydrogen) atoms. The molecule has 8 heteroatoms. The van der Waals surface area contributed by atoms with Crippen molar-refractivity contribution in [3.63, 3.8) is 0 Å². The minimum Gasteiger partial charge on any atom is -0.471 e. The van der Waals surface area contributed by atoms with Crippen molar-refractivity contribution < 1.29 is 18.3 Å². The molecule has 1 aliphatic rings. The van der Waals surface area contributed by atoms with E-state index >= 15 is 0 Å². The summed E-state index contributed by atoms with van der Waals surface area (Å²) in [6, 6.07) is -0.367. The molecule has 0 amide bonds. The van der Waals surface area contributed by atoms with Gasteiger partial charge in [-0.1, -0.05) is 6.42 Å². The Bertz CT molecular complexity index is 388. The molecule has 0 bridgehead atoms. The molecule has 0 saturated carbocycles. The van der Waals surface area contributed by atoms with Gasteiger partial charge in [-0.25, -0.2) is 8.42 Å². The molecule has 0 aromatic carbocycles. The van der Waals surface area contributed by atoms with Crippen LogP contribution in [0, 0.1) is 0 Å². The largest absolute Gasteiger partial charge is 0.471 e. The molecule has 0 radical (unpaired) electrons. The quantitative estimate of drug-likeness (QED) is 0.409. The molecule has 2 N–H and O–H groups in total. The Morgan fingerprint density at radius 3 is 2.58 bits per heavy atom. The standard InChI is InChI=1S/C11H20ClNO4S2/c12-9-7-19(15,16)8-10(9)13-11(18)17-6-4-2-1-3-5-14/h9-10,14H,1-8H2,(H,13,18)/t9-,10-/m0/s1. The Balaban J connectivity index is 2.14. The molecule has 0 unspecified atom stereocenters. The van der Waals surface area contributed by atoms with Crippen LogP contribution >= 0.6 is 23.8 Å². The van der Waals surface area contributed by atoms with Crippen LogP contribution < -0.4 is 5.32 Å². The Morgan fingerprint density at radius 1 is 1.32 bits per heavy atom. The van der Waals surface area contributed by atoms with Crippen LogP contribution in [-0.2, 0) is 14.6 Å². The highest BCUT2D eigenvalue weighted by Gasteiger charge is 2.36. The summed E-state index contributed by atoms with van der Waals surface area (Å²) in [5, 5.41) is 11.2. The molecule has 1 aliphatic heterocycles. The van der Waals surface area contributed by atoms with Crippen molar-refractivity contribution in [2.45, 2.75) is 37.1 Å². The van der Waals surface area contributed by atoms with Gasteiger partial charge in [0, 0.05) is 6.61 Å². The molecule has 1 fully saturated rings. The summed E-state index contributed by atoms with van der Waals surface area (Å²) >= 11 is 10.9. The first-order valence-electron chi connectivity index (χ1n) is 6.33. The number of alkyl halides is 1. The lowest BCUT2D eigenvalue weighted by Gasteiger charge is -2.16. The third kappa shape index (κ3) is 6.74. The molecule has 0 spiro atoms. The average Bonchev–Trinajstić information content (AvgIpc) is 2.56. The van der Waals surface area contributed by atoms with Gasteiger partial charge in [-0.3, -0.25) is 0 Å². The smallest absolute Gasteiger partial charge is 0.256 e. The predicted octanol–water partition coefficient (Wildman–Crippen LogP) is 0.835. The van der Waals surface area contributed by atoms with Gasteiger partial charge in [0.15, 0.2) is 9.84 Å². The van der Waals surface area contributed by atoms with E-state index in [0.29, 0.717) is 6.61 Å². The van der Waals surface area contributed by atoms with Gasteiger partial charge in [-0.2, -0.15) is 0 Å². The lowest BCUT2D eigenvalue weighted by Crippen LogP contribution is -2.40. The number of thiocarbonyl (C=S) groups is 1. The molecule has 112 valence electrons. The number of ether oxygens (including phenoxy) is 1. The summed E-state index contributed by atoms with van der Waals surface area (Å²) in [7, 11) is -3.06. The minimum absolute atomic E-state index is 0.00116. The molecule has 1 rings (SSSR count). The second-order valence-corrected chi connectivity index (χ2v) is 7.70. The first-order valence-corrected chi connectivity index (χ1v) is 9.00. The van der Waals surface area contributed by atoms with E-state index in [1.165, 1.54) is 0 Å². The summed E-state index contributed by atoms with van der Waals surface area (Å²) in [5.41, 5.74) is 0. The van der Waals surface area contributed by atoms with Crippen molar-refractivity contribution in [2.75, 3.05) is 24.7 Å². The highest BCUT2D eigenvalue weighted by Crippen LogP contribution is 2.18. The number of hydrogen-bond donors (Lipinski definition) is 2. The summed E-state index contributed by atoms with van der Waals surface area (Å²) in [4.78, 5) is 0. The lowest BCUT2D eigenvalue weighted by atomic mass is 10.2. The SMILES string of the molecule is O=S1(=O)C[C@H](NC(=S)OCCCCCCO)[C@@H](Cl)C1. The fraction of sp³-hybridized carbons (Fsp3) is 0.909. The number of unbranched alkanes of at least 4 members (excludes halogenated alkanes) is 3. The first kappa shape index (κ1) is 16.9. The van der Waals surface area contributed by atoms with E-state index in [0.717, 1.165) is 25.7 Å². The number of aliphatic hydroxyl groups is 1. The van der Waals surface area contributed by atoms with Crippen molar-refractivity contribution in [3.8, 4) is 0 Å². The molecular weight excluding hydrogens is 310 g/mol. The zero-order chi connectivity index (χ0) is 14.3. The Labute approximate surface area is 124 Å². The third-order valence-electron chi connectivity index (χ3n) is 2.87. The zero-order valence-corrected chi connectivity index (χ0v) is 13.1. The maximum atomic E-state index is 11.4. The van der Waals surface area contributed by atoms with E-state index in [1.54, 1.807) is 0 Å². The van der Waals surface area contributed by atoms with E-state index in [4.69, 9.17) is 33.7 Å². The minimum atomic E-state index is -3.06. The van der Waals surface area contributed by atoms with Crippen LogP contribution in [0.1, 0.15) is 25.7 Å². The van der Waals surface area contributed by atoms with Gasteiger partial charge in [0.1, 0.15) is 0 Å². The number of halogens is 1. The summed E-state index contributed by atoms with van der Waals surface area (Å²) in [6.07, 6.45) is 3.59. The Hall–Kier alpha value is -0.110. The van der Waals surface area contributed by atoms with E-state index < -0.39 is 15.2 Å². The molecule has 1 saturated heterocycles. The van der Waals surface area contributed by atoms with Gasteiger partial charge in [0.05, 0.1) is 29.5 Å². The summed E-state index contributed by atoms with van der Waals surface area (Å²) < 4.78 is 28.0. The molecule has 0 aromatic rings. The van der Waals surface area contributed by atoms with Crippen LogP contribution in [0.2, 0.25) is 0 Å². The van der Waals surface area contributed by atoms with Crippen molar-refractivity contribution in [1.29, 1.82) is 0 Å². The van der Waals surface area contributed by atoms with E-state index in [1.807, 2.05) is 0 Å². The van der Waals surface area contributed by atoms with Crippen LogP contribution in [0.15, 0.2) is 0 Å². The third-order valence-corrected chi connectivity index (χ3v) is 5.48. The van der Waals surface area contributed by atoms with E-state index in [9.17, 15) is 8.42 Å². The molecule has 0 aliphatic carbocycles. The van der Waals surface area contributed by atoms with E-state index in [2.05, 4.69) is 5.32 Å². The predicted molar refractivity (Wildman–Crippen MR) is 79.3 cm³/mol. The number of aliphatic hydroxyl groups excluding tert-OH is 1. The number of sulfone groups is 1. The Kier molecular flexibility index (Phi) is 7.35. The van der Waals surface area contributed by atoms with Crippen molar-refractivity contribution >= 4 is 38.8 Å². The van der Waals surface area contributed by atoms with Crippen LogP contribution in [0.3, 0.4) is 0 Å². The zero-order valence-electron chi connectivity index (χ0n) is 10.7. The van der Waals surface area contributed by atoms with Gasteiger partial charge < -0.3 is 15.2 Å². The van der Waals surface area contributed by atoms with Crippen molar-refractivity contribution in [2.24, 2.45) is 0 Å². The monoisotopic (exact) mass is 329 g/mol. The number of hydrogen-bond acceptors (Lipinski definition) is 5. The van der Waals surface area contributed by atoms with Gasteiger partial charge in [0.2, 0.25) is 0 Å². The van der Waals surface area contributed by atoms with Crippen LogP contribution in [0.5, 0.6) is 0 Å². The first-order chi connectivity index (χ1) is 8.94. The number of rotatable bonds is 7. The second kappa shape index (κ2) is 8.24. The lowest BCUT2D eigenvalue weighted by molar-refractivity contribution is 0.266. The van der Waals surface area contributed by atoms with Crippen molar-refractivity contribution in [3.05, 3.63) is 0 Å². The molecule has 5 nitrogen and oxygen atoms in total. The van der Waals surface area contributed by atoms with Gasteiger partial charge in [-0.15, -0.1) is 11.6 Å². The van der Waals surface area contributed by atoms with E-state index in [-0.39, 0.29) is 29.3 Å². The van der Waals surface area contributed by atoms with Crippen LogP contribution in [-0.4, -0.2) is 54.8 Å². The maximum absolute atomic E-state index is 11.4. The maximum Gasteiger partial charge on any atom is 0.256 e. The summed E-state index contributed by atoms with van der Waals surface area (Å²) in [5.74, 6) is -0.0167. The highest BCUT2D eigenvalue weighted by atomic mass is 35.5. The molecule has 2 atom stereocenters. The number of nitrogens with one attached hydrogen (secondary N) is 1. The van der Waals surface area contributed by atoms with Crippen molar-refractivity contribution in [1.82, 2.24) is 5.32 Å². The normalized spacial score (nSPS) is 25.2. The van der Waals surface area contributed by atoms with Gasteiger partial charge >= 0.3 is 0 Å². The van der Waals surface area contributed by atoms with Crippen LogP contribution in [0.4, 0.5) is 0 Å². The second-order valence-electron chi connectivity index (χ2n) is 4.62. The Morgan fingerprint density at radius 2 is 2.00 bits per heavy atom.